The van der Waals surface area contributed by atoms with Crippen LogP contribution in [-0.4, -0.2) is 44.4 Å². The van der Waals surface area contributed by atoms with E-state index in [4.69, 9.17) is 5.11 Å². The summed E-state index contributed by atoms with van der Waals surface area (Å²) in [5.74, 6) is -0.936. The smallest absolute Gasteiger partial charge is 0.303 e. The number of likely N-dealkylation sites (N-methyl/N-ethyl adjacent to an activating group) is 1. The highest BCUT2D eigenvalue weighted by Crippen LogP contribution is 2.47. The lowest BCUT2D eigenvalue weighted by Crippen LogP contribution is -2.29. The lowest BCUT2D eigenvalue weighted by Gasteiger charge is -2.29. The number of sulfonamides is 1. The zero-order chi connectivity index (χ0) is 31.0. The van der Waals surface area contributed by atoms with Crippen LogP contribution in [0.5, 0.6) is 0 Å². The van der Waals surface area contributed by atoms with Crippen LogP contribution in [0.15, 0.2) is 94.6 Å². The highest BCUT2D eigenvalue weighted by molar-refractivity contribution is 7.89. The number of aliphatic carboxylic acids is 1. The molecule has 0 bridgehead atoms. The van der Waals surface area contributed by atoms with Crippen molar-refractivity contribution in [3.05, 3.63) is 106 Å². The van der Waals surface area contributed by atoms with Gasteiger partial charge < -0.3 is 10.0 Å². The maximum Gasteiger partial charge on any atom is 0.303 e. The monoisotopic (exact) mass is 588 g/mol. The molecule has 0 unspecified atom stereocenters. The van der Waals surface area contributed by atoms with Gasteiger partial charge in [0.25, 0.3) is 0 Å². The van der Waals surface area contributed by atoms with Gasteiger partial charge in [0.1, 0.15) is 0 Å². The van der Waals surface area contributed by atoms with E-state index in [0.29, 0.717) is 0 Å². The first-order valence-electron chi connectivity index (χ1n) is 14.5. The van der Waals surface area contributed by atoms with Gasteiger partial charge >= 0.3 is 5.97 Å². The quantitative estimate of drug-likeness (QED) is 0.316. The molecule has 0 aromatic heterocycles. The molecule has 1 heterocycles. The summed E-state index contributed by atoms with van der Waals surface area (Å²) in [5, 5.41) is 8.91. The first-order valence-corrected chi connectivity index (χ1v) is 16.0. The van der Waals surface area contributed by atoms with Gasteiger partial charge in [0.15, 0.2) is 0 Å². The molecule has 1 aliphatic carbocycles. The molecule has 4 rings (SSSR count). The van der Waals surface area contributed by atoms with E-state index >= 15 is 0 Å². The minimum atomic E-state index is -3.76. The van der Waals surface area contributed by atoms with E-state index in [-0.39, 0.29) is 29.7 Å². The number of carboxylic acid groups (broad SMARTS) is 1. The van der Waals surface area contributed by atoms with Gasteiger partial charge in [-0.05, 0) is 83.9 Å². The van der Waals surface area contributed by atoms with Gasteiger partial charge in [0.05, 0.1) is 4.90 Å². The summed E-state index contributed by atoms with van der Waals surface area (Å²) in [5.41, 5.74) is 8.63. The molecule has 0 saturated carbocycles. The topological polar surface area (TPSA) is 77.9 Å². The van der Waals surface area contributed by atoms with E-state index < -0.39 is 21.4 Å². The summed E-state index contributed by atoms with van der Waals surface area (Å²) in [7, 11) is -0.129. The number of carbonyl (C=O) groups is 1. The summed E-state index contributed by atoms with van der Waals surface area (Å²) in [6.07, 6.45) is 8.83. The van der Waals surface area contributed by atoms with Crippen molar-refractivity contribution in [2.45, 2.75) is 76.0 Å². The number of anilines is 1. The maximum atomic E-state index is 13.3. The van der Waals surface area contributed by atoms with Gasteiger partial charge in [-0.15, -0.1) is 0 Å². The average Bonchev–Trinajstić information content (AvgIpc) is 3.44. The molecular weight excluding hydrogens is 544 g/mol. The van der Waals surface area contributed by atoms with Crippen molar-refractivity contribution < 1.29 is 18.3 Å². The van der Waals surface area contributed by atoms with E-state index in [0.717, 1.165) is 29.5 Å². The van der Waals surface area contributed by atoms with Gasteiger partial charge in [-0.2, -0.15) is 0 Å². The van der Waals surface area contributed by atoms with E-state index in [1.165, 1.54) is 39.4 Å². The second-order valence-electron chi connectivity index (χ2n) is 12.6. The second kappa shape index (κ2) is 11.7. The molecule has 1 N–H and O–H groups in total. The fraction of sp³-hybridized carbons (Fsp3) is 0.400. The Morgan fingerprint density at radius 2 is 1.86 bits per heavy atom. The zero-order valence-electron chi connectivity index (χ0n) is 26.0. The van der Waals surface area contributed by atoms with Gasteiger partial charge in [-0.1, -0.05) is 70.7 Å². The van der Waals surface area contributed by atoms with Crippen LogP contribution in [0.4, 0.5) is 5.69 Å². The highest BCUT2D eigenvalue weighted by atomic mass is 32.2. The first kappa shape index (κ1) is 31.5. The molecule has 1 aliphatic heterocycles. The molecule has 0 amide bonds. The van der Waals surface area contributed by atoms with Gasteiger partial charge in [-0.3, -0.25) is 4.79 Å². The van der Waals surface area contributed by atoms with Crippen molar-refractivity contribution in [2.75, 3.05) is 25.5 Å². The van der Waals surface area contributed by atoms with E-state index in [1.54, 1.807) is 12.1 Å². The van der Waals surface area contributed by atoms with Crippen LogP contribution in [0.2, 0.25) is 0 Å². The molecule has 0 radical (unpaired) electrons. The highest BCUT2D eigenvalue weighted by Gasteiger charge is 2.38. The Morgan fingerprint density at radius 1 is 1.17 bits per heavy atom. The summed E-state index contributed by atoms with van der Waals surface area (Å²) in [4.78, 5) is 13.4. The summed E-state index contributed by atoms with van der Waals surface area (Å²) in [6, 6.07) is 13.8. The number of benzene rings is 2. The third kappa shape index (κ3) is 6.04. The number of hydrogen-bond donors (Lipinski definition) is 1. The largest absolute Gasteiger partial charge is 0.481 e. The number of allylic oxidation sites excluding steroid dienone is 7. The number of nitrogens with zero attached hydrogens (tertiary/aromatic N) is 2. The number of rotatable bonds is 10. The predicted molar refractivity (Wildman–Crippen MR) is 171 cm³/mol. The van der Waals surface area contributed by atoms with E-state index in [2.05, 4.69) is 88.7 Å². The number of fused-ring (bicyclic) bond motifs is 1. The van der Waals surface area contributed by atoms with Crippen LogP contribution in [0.3, 0.4) is 0 Å². The second-order valence-corrected chi connectivity index (χ2v) is 14.7. The molecule has 2 aromatic rings. The summed E-state index contributed by atoms with van der Waals surface area (Å²) >= 11 is 0. The third-order valence-electron chi connectivity index (χ3n) is 8.95. The van der Waals surface area contributed by atoms with Crippen molar-refractivity contribution in [3.8, 4) is 0 Å². The average molecular weight is 589 g/mol. The molecule has 6 nitrogen and oxygen atoms in total. The van der Waals surface area contributed by atoms with Crippen molar-refractivity contribution in [3.63, 3.8) is 0 Å². The van der Waals surface area contributed by atoms with Crippen LogP contribution in [-0.2, 0) is 25.6 Å². The minimum absolute atomic E-state index is 0.0720. The Morgan fingerprint density at radius 3 is 2.52 bits per heavy atom. The van der Waals surface area contributed by atoms with Crippen LogP contribution in [0, 0.1) is 6.92 Å². The molecule has 2 aromatic carbocycles. The van der Waals surface area contributed by atoms with Crippen LogP contribution >= 0.6 is 0 Å². The fourth-order valence-electron chi connectivity index (χ4n) is 6.10. The number of hydrogen-bond acceptors (Lipinski definition) is 4. The lowest BCUT2D eigenvalue weighted by atomic mass is 9.76. The molecule has 0 fully saturated rings. The van der Waals surface area contributed by atoms with Gasteiger partial charge in [-0.25, -0.2) is 12.7 Å². The Labute approximate surface area is 251 Å². The Bertz CT molecular complexity index is 1610. The Kier molecular flexibility index (Phi) is 8.77. The summed E-state index contributed by atoms with van der Waals surface area (Å²) in [6.45, 7) is 15.3. The number of carboxylic acids is 1. The Hall–Kier alpha value is -3.42. The standard InChI is InChI=1S/C35H44N2O4S/c1-24-15-18-28(42(40,41)36(7)19-11-14-33(38)39)23-30(24)34(3,4)25(2)20-26-16-17-27(21-26)22-32-35(5,6)29-12-9-10-13-31(29)37(32)8/h9-10,12-13,15,18,20-23H,2,11,14,16-17,19H2,1,3-8H3,(H,38,39)/b26-20+,32-22+. The van der Waals surface area contributed by atoms with Gasteiger partial charge in [0.2, 0.25) is 10.0 Å². The van der Waals surface area contributed by atoms with Crippen molar-refractivity contribution in [1.82, 2.24) is 4.31 Å². The molecule has 2 aliphatic rings. The zero-order valence-corrected chi connectivity index (χ0v) is 26.8. The van der Waals surface area contributed by atoms with E-state index in [1.807, 2.05) is 13.0 Å². The number of para-hydroxylation sites is 1. The normalized spacial score (nSPS) is 18.6. The minimum Gasteiger partial charge on any atom is -0.481 e. The van der Waals surface area contributed by atoms with E-state index in [9.17, 15) is 13.2 Å². The predicted octanol–water partition coefficient (Wildman–Crippen LogP) is 7.27. The van der Waals surface area contributed by atoms with Crippen LogP contribution in [0.1, 0.15) is 70.1 Å². The number of aryl methyl sites for hydroxylation is 1. The third-order valence-corrected chi connectivity index (χ3v) is 10.8. The molecule has 7 heteroatoms. The Balaban J connectivity index is 1.57. The maximum absolute atomic E-state index is 13.3. The van der Waals surface area contributed by atoms with Crippen LogP contribution < -0.4 is 4.90 Å². The van der Waals surface area contributed by atoms with Crippen molar-refractivity contribution >= 4 is 21.7 Å². The first-order chi connectivity index (χ1) is 19.6. The van der Waals surface area contributed by atoms with Gasteiger partial charge in [0, 0.05) is 49.3 Å². The molecule has 42 heavy (non-hydrogen) atoms. The molecule has 0 saturated heterocycles. The fourth-order valence-corrected chi connectivity index (χ4v) is 7.33. The molecule has 224 valence electrons. The van der Waals surface area contributed by atoms with Crippen molar-refractivity contribution in [2.24, 2.45) is 0 Å². The molecule has 0 atom stereocenters. The van der Waals surface area contributed by atoms with Crippen molar-refractivity contribution in [1.29, 1.82) is 0 Å². The van der Waals surface area contributed by atoms with Crippen LogP contribution in [0.25, 0.3) is 0 Å². The molecular formula is C35H44N2O4S. The lowest BCUT2D eigenvalue weighted by molar-refractivity contribution is -0.137. The SMILES string of the molecule is C=C(/C=C1C=C(/C=C2/N(C)c3ccccc3C2(C)C)CC/1)C(C)(C)c1cc(S(=O)(=O)N(C)CCCC(=O)O)ccc1C. The molecule has 0 spiro atoms. The summed E-state index contributed by atoms with van der Waals surface area (Å²) < 4.78 is 27.8.